The van der Waals surface area contributed by atoms with Crippen molar-refractivity contribution >= 4 is 10.0 Å². The third-order valence-electron chi connectivity index (χ3n) is 2.96. The summed E-state index contributed by atoms with van der Waals surface area (Å²) in [5.74, 6) is 0. The Morgan fingerprint density at radius 1 is 1.05 bits per heavy atom. The zero-order chi connectivity index (χ0) is 16.0. The SMILES string of the molecule is Cc1ccccc1S(=O)(=O)N(CC(O)CO)CC(O)CO. The number of aliphatic hydroxyl groups excluding tert-OH is 4. The lowest BCUT2D eigenvalue weighted by Crippen LogP contribution is -2.44. The summed E-state index contributed by atoms with van der Waals surface area (Å²) in [6.07, 6.45) is -2.54. The molecule has 1 aromatic rings. The van der Waals surface area contributed by atoms with Crippen LogP contribution >= 0.6 is 0 Å². The minimum Gasteiger partial charge on any atom is -0.394 e. The van der Waals surface area contributed by atoms with Gasteiger partial charge in [0.2, 0.25) is 10.0 Å². The molecule has 7 nitrogen and oxygen atoms in total. The van der Waals surface area contributed by atoms with Gasteiger partial charge in [-0.2, -0.15) is 4.31 Å². The summed E-state index contributed by atoms with van der Waals surface area (Å²) in [6, 6.07) is 6.33. The van der Waals surface area contributed by atoms with Gasteiger partial charge < -0.3 is 20.4 Å². The Balaban J connectivity index is 3.13. The molecule has 1 aromatic carbocycles. The molecule has 0 fully saturated rings. The monoisotopic (exact) mass is 319 g/mol. The molecule has 0 radical (unpaired) electrons. The highest BCUT2D eigenvalue weighted by Crippen LogP contribution is 2.20. The van der Waals surface area contributed by atoms with Crippen LogP contribution in [-0.2, 0) is 10.0 Å². The third kappa shape index (κ3) is 4.73. The van der Waals surface area contributed by atoms with Crippen LogP contribution in [0.1, 0.15) is 5.56 Å². The van der Waals surface area contributed by atoms with E-state index in [4.69, 9.17) is 10.2 Å². The Labute approximate surface area is 124 Å². The molecule has 0 bridgehead atoms. The zero-order valence-corrected chi connectivity index (χ0v) is 12.6. The first-order valence-corrected chi connectivity index (χ1v) is 7.90. The van der Waals surface area contributed by atoms with E-state index in [-0.39, 0.29) is 18.0 Å². The molecule has 0 aliphatic heterocycles. The lowest BCUT2D eigenvalue weighted by molar-refractivity contribution is 0.0494. The van der Waals surface area contributed by atoms with Crippen molar-refractivity contribution in [1.29, 1.82) is 0 Å². The number of rotatable bonds is 8. The molecule has 8 heteroatoms. The van der Waals surface area contributed by atoms with Gasteiger partial charge in [-0.15, -0.1) is 0 Å². The van der Waals surface area contributed by atoms with Crippen LogP contribution in [-0.4, -0.2) is 71.7 Å². The van der Waals surface area contributed by atoms with Crippen LogP contribution in [0.5, 0.6) is 0 Å². The van der Waals surface area contributed by atoms with Crippen molar-refractivity contribution in [2.75, 3.05) is 26.3 Å². The first kappa shape index (κ1) is 18.0. The number of benzene rings is 1. The fourth-order valence-electron chi connectivity index (χ4n) is 1.84. The summed E-state index contributed by atoms with van der Waals surface area (Å²) < 4.78 is 26.1. The topological polar surface area (TPSA) is 118 Å². The van der Waals surface area contributed by atoms with Crippen LogP contribution < -0.4 is 0 Å². The van der Waals surface area contributed by atoms with E-state index in [9.17, 15) is 18.6 Å². The highest BCUT2D eigenvalue weighted by molar-refractivity contribution is 7.89. The highest BCUT2D eigenvalue weighted by Gasteiger charge is 2.29. The van der Waals surface area contributed by atoms with Crippen molar-refractivity contribution in [2.24, 2.45) is 0 Å². The fraction of sp³-hybridized carbons (Fsp3) is 0.538. The maximum absolute atomic E-state index is 12.6. The van der Waals surface area contributed by atoms with E-state index in [1.54, 1.807) is 25.1 Å². The molecule has 1 rings (SSSR count). The molecule has 0 aliphatic carbocycles. The molecule has 2 atom stereocenters. The third-order valence-corrected chi connectivity index (χ3v) is 4.95. The van der Waals surface area contributed by atoms with Gasteiger partial charge in [0.15, 0.2) is 0 Å². The molecule has 0 spiro atoms. The van der Waals surface area contributed by atoms with Gasteiger partial charge in [-0.05, 0) is 18.6 Å². The predicted octanol–water partition coefficient (Wildman–Crippen LogP) is -1.31. The summed E-state index contributed by atoms with van der Waals surface area (Å²) in [4.78, 5) is 0.0558. The number of aryl methyl sites for hydroxylation is 1. The fourth-order valence-corrected chi connectivity index (χ4v) is 3.58. The molecular weight excluding hydrogens is 298 g/mol. The zero-order valence-electron chi connectivity index (χ0n) is 11.8. The molecule has 0 heterocycles. The molecule has 0 aliphatic rings. The largest absolute Gasteiger partial charge is 0.394 e. The predicted molar refractivity (Wildman–Crippen MR) is 76.1 cm³/mol. The first-order valence-electron chi connectivity index (χ1n) is 6.46. The van der Waals surface area contributed by atoms with Crippen LogP contribution in [0.2, 0.25) is 0 Å². The maximum atomic E-state index is 12.6. The number of aliphatic hydroxyl groups is 4. The van der Waals surface area contributed by atoms with E-state index in [1.807, 2.05) is 0 Å². The smallest absolute Gasteiger partial charge is 0.243 e. The first-order chi connectivity index (χ1) is 9.82. The average Bonchev–Trinajstić information content (AvgIpc) is 2.46. The number of sulfonamides is 1. The average molecular weight is 319 g/mol. The Bertz CT molecular complexity index is 535. The van der Waals surface area contributed by atoms with Crippen molar-refractivity contribution in [3.05, 3.63) is 29.8 Å². The van der Waals surface area contributed by atoms with E-state index in [0.29, 0.717) is 5.56 Å². The Hall–Kier alpha value is -1.03. The maximum Gasteiger partial charge on any atom is 0.243 e. The lowest BCUT2D eigenvalue weighted by atomic mass is 10.2. The molecule has 0 aromatic heterocycles. The molecule has 4 N–H and O–H groups in total. The summed E-state index contributed by atoms with van der Waals surface area (Å²) in [5, 5.41) is 36.8. The number of hydrogen-bond acceptors (Lipinski definition) is 6. The van der Waals surface area contributed by atoms with Gasteiger partial charge in [-0.1, -0.05) is 18.2 Å². The van der Waals surface area contributed by atoms with Crippen molar-refractivity contribution in [3.63, 3.8) is 0 Å². The molecule has 0 saturated heterocycles. The second-order valence-corrected chi connectivity index (χ2v) is 6.67. The molecular formula is C13H21NO6S. The normalized spacial score (nSPS) is 15.1. The molecule has 0 amide bonds. The van der Waals surface area contributed by atoms with E-state index in [1.165, 1.54) is 6.07 Å². The van der Waals surface area contributed by atoms with Crippen molar-refractivity contribution in [3.8, 4) is 0 Å². The quantitative estimate of drug-likeness (QED) is 0.473. The van der Waals surface area contributed by atoms with Crippen molar-refractivity contribution in [2.45, 2.75) is 24.0 Å². The number of hydrogen-bond donors (Lipinski definition) is 4. The highest BCUT2D eigenvalue weighted by atomic mass is 32.2. The van der Waals surface area contributed by atoms with Crippen LogP contribution in [0, 0.1) is 6.92 Å². The Morgan fingerprint density at radius 2 is 1.52 bits per heavy atom. The van der Waals surface area contributed by atoms with Gasteiger partial charge in [0.05, 0.1) is 30.3 Å². The molecule has 120 valence electrons. The van der Waals surface area contributed by atoms with Gasteiger partial charge in [-0.25, -0.2) is 8.42 Å². The molecule has 21 heavy (non-hydrogen) atoms. The van der Waals surface area contributed by atoms with Crippen LogP contribution in [0.4, 0.5) is 0 Å². The number of nitrogens with zero attached hydrogens (tertiary/aromatic N) is 1. The Morgan fingerprint density at radius 3 is 1.95 bits per heavy atom. The van der Waals surface area contributed by atoms with Gasteiger partial charge >= 0.3 is 0 Å². The second-order valence-electron chi connectivity index (χ2n) is 4.76. The molecule has 0 saturated carbocycles. The van der Waals surface area contributed by atoms with Crippen molar-refractivity contribution in [1.82, 2.24) is 4.31 Å². The summed E-state index contributed by atoms with van der Waals surface area (Å²) in [6.45, 7) is -0.311. The van der Waals surface area contributed by atoms with Gasteiger partial charge in [0.1, 0.15) is 0 Å². The van der Waals surface area contributed by atoms with E-state index < -0.39 is 35.4 Å². The van der Waals surface area contributed by atoms with E-state index >= 15 is 0 Å². The molecule has 2 unspecified atom stereocenters. The lowest BCUT2D eigenvalue weighted by Gasteiger charge is -2.26. The van der Waals surface area contributed by atoms with Crippen LogP contribution in [0.15, 0.2) is 29.2 Å². The van der Waals surface area contributed by atoms with Crippen LogP contribution in [0.25, 0.3) is 0 Å². The standard InChI is InChI=1S/C13H21NO6S/c1-10-4-2-3-5-13(10)21(19,20)14(6-11(17)8-15)7-12(18)9-16/h2-5,11-12,15-18H,6-9H2,1H3. The minimum absolute atomic E-state index is 0.0558. The Kier molecular flexibility index (Phi) is 6.72. The van der Waals surface area contributed by atoms with Gasteiger partial charge in [0, 0.05) is 13.1 Å². The van der Waals surface area contributed by atoms with Gasteiger partial charge in [-0.3, -0.25) is 0 Å². The summed E-state index contributed by atoms with van der Waals surface area (Å²) in [5.41, 5.74) is 0.527. The second kappa shape index (κ2) is 7.83. The van der Waals surface area contributed by atoms with Gasteiger partial charge in [0.25, 0.3) is 0 Å². The van der Waals surface area contributed by atoms with Crippen LogP contribution in [0.3, 0.4) is 0 Å². The van der Waals surface area contributed by atoms with Crippen molar-refractivity contribution < 1.29 is 28.8 Å². The van der Waals surface area contributed by atoms with E-state index in [2.05, 4.69) is 0 Å². The summed E-state index contributed by atoms with van der Waals surface area (Å²) in [7, 11) is -3.95. The summed E-state index contributed by atoms with van der Waals surface area (Å²) >= 11 is 0. The van der Waals surface area contributed by atoms with E-state index in [0.717, 1.165) is 4.31 Å². The minimum atomic E-state index is -3.95.